The van der Waals surface area contributed by atoms with E-state index in [1.54, 1.807) is 23.6 Å². The van der Waals surface area contributed by atoms with Crippen molar-refractivity contribution in [2.45, 2.75) is 16.2 Å². The Morgan fingerprint density at radius 1 is 1.18 bits per heavy atom. The minimum Gasteiger partial charge on any atom is -0.324 e. The van der Waals surface area contributed by atoms with Crippen LogP contribution in [-0.2, 0) is 14.6 Å². The molecule has 142 valence electrons. The average Bonchev–Trinajstić information content (AvgIpc) is 3.27. The van der Waals surface area contributed by atoms with E-state index >= 15 is 0 Å². The van der Waals surface area contributed by atoms with Gasteiger partial charge >= 0.3 is 0 Å². The molecule has 2 heterocycles. The van der Waals surface area contributed by atoms with Gasteiger partial charge in [0, 0.05) is 17.9 Å². The van der Waals surface area contributed by atoms with Crippen molar-refractivity contribution in [3.8, 4) is 11.3 Å². The van der Waals surface area contributed by atoms with Crippen LogP contribution in [0.15, 0.2) is 57.1 Å². The lowest BCUT2D eigenvalue weighted by atomic mass is 10.1. The number of carbonyl (C=O) groups excluding carboxylic acids is 1. The number of H-pyrrole nitrogens is 1. The van der Waals surface area contributed by atoms with Gasteiger partial charge in [0.25, 0.3) is 0 Å². The summed E-state index contributed by atoms with van der Waals surface area (Å²) in [5.74, 6) is -0.744. The fourth-order valence-electron chi connectivity index (χ4n) is 2.66. The molecule has 0 bridgehead atoms. The lowest BCUT2D eigenvalue weighted by molar-refractivity contribution is -0.114. The first-order valence-corrected chi connectivity index (χ1v) is 10.4. The highest BCUT2D eigenvalue weighted by Crippen LogP contribution is 2.31. The van der Waals surface area contributed by atoms with Gasteiger partial charge in [-0.25, -0.2) is 22.8 Å². The predicted octanol–water partition coefficient (Wildman–Crippen LogP) is 3.62. The van der Waals surface area contributed by atoms with Gasteiger partial charge in [-0.05, 0) is 24.3 Å². The molecule has 0 atom stereocenters. The number of carbonyl (C=O) groups is 1. The van der Waals surface area contributed by atoms with Gasteiger partial charge in [0.15, 0.2) is 0 Å². The zero-order valence-corrected chi connectivity index (χ0v) is 16.1. The molecule has 4 rings (SSSR count). The van der Waals surface area contributed by atoms with Crippen molar-refractivity contribution in [1.29, 1.82) is 0 Å². The Morgan fingerprint density at radius 2 is 1.96 bits per heavy atom. The Labute approximate surface area is 163 Å². The number of rotatable bonds is 4. The molecule has 0 saturated heterocycles. The van der Waals surface area contributed by atoms with Crippen molar-refractivity contribution < 1.29 is 17.6 Å². The number of sulfone groups is 1. The smallest absolute Gasteiger partial charge is 0.236 e. The summed E-state index contributed by atoms with van der Waals surface area (Å²) in [6.45, 7) is 1.38. The number of hydrogen-bond donors (Lipinski definition) is 2. The number of anilines is 1. The predicted molar refractivity (Wildman–Crippen MR) is 103 cm³/mol. The van der Waals surface area contributed by atoms with Gasteiger partial charge in [-0.2, -0.15) is 0 Å². The van der Waals surface area contributed by atoms with E-state index in [1.165, 1.54) is 25.1 Å². The van der Waals surface area contributed by atoms with E-state index in [2.05, 4.69) is 20.3 Å². The van der Waals surface area contributed by atoms with E-state index in [4.69, 9.17) is 0 Å². The number of nitrogens with one attached hydrogen (secondary N) is 2. The quantitative estimate of drug-likeness (QED) is 0.529. The summed E-state index contributed by atoms with van der Waals surface area (Å²) in [7, 11) is -4.04. The Morgan fingerprint density at radius 3 is 2.71 bits per heavy atom. The largest absolute Gasteiger partial charge is 0.324 e. The van der Waals surface area contributed by atoms with Crippen LogP contribution < -0.4 is 5.32 Å². The van der Waals surface area contributed by atoms with E-state index in [0.717, 1.165) is 17.4 Å². The number of benzene rings is 2. The molecule has 0 unspecified atom stereocenters. The highest BCUT2D eigenvalue weighted by molar-refractivity contribution is 7.93. The normalized spacial score (nSPS) is 11.6. The number of hydrogen-bond acceptors (Lipinski definition) is 6. The molecule has 7 nitrogen and oxygen atoms in total. The minimum absolute atomic E-state index is 0.184. The molecule has 4 aromatic rings. The highest BCUT2D eigenvalue weighted by atomic mass is 32.2. The summed E-state index contributed by atoms with van der Waals surface area (Å²) >= 11 is 0.925. The number of nitrogens with zero attached hydrogens (tertiary/aromatic N) is 2. The maximum atomic E-state index is 13.9. The van der Waals surface area contributed by atoms with Crippen molar-refractivity contribution in [2.75, 3.05) is 5.32 Å². The standard InChI is InChI=1S/C18H13FN4O3S2/c1-10(24)20-17-21-13-7-6-11(8-14(13)22-17)15-9-27-18(23-15)28(25,26)16-5-3-2-4-12(16)19/h2-9H,1H3,(H2,20,21,22,24). The van der Waals surface area contributed by atoms with E-state index in [-0.39, 0.29) is 10.2 Å². The molecule has 0 spiro atoms. The second kappa shape index (κ2) is 6.80. The molecule has 2 aromatic heterocycles. The maximum absolute atomic E-state index is 13.9. The van der Waals surface area contributed by atoms with Gasteiger partial charge in [-0.15, -0.1) is 11.3 Å². The molecule has 2 N–H and O–H groups in total. The molecular weight excluding hydrogens is 403 g/mol. The molecule has 1 amide bonds. The third-order valence-electron chi connectivity index (χ3n) is 3.91. The van der Waals surface area contributed by atoms with Crippen LogP contribution in [0.25, 0.3) is 22.3 Å². The molecule has 0 aliphatic heterocycles. The van der Waals surface area contributed by atoms with E-state index in [9.17, 15) is 17.6 Å². The first-order valence-electron chi connectivity index (χ1n) is 8.07. The molecular formula is C18H13FN4O3S2. The van der Waals surface area contributed by atoms with E-state index in [1.807, 2.05) is 0 Å². The summed E-state index contributed by atoms with van der Waals surface area (Å²) in [4.78, 5) is 22.2. The van der Waals surface area contributed by atoms with Gasteiger partial charge in [-0.3, -0.25) is 10.1 Å². The molecule has 0 fully saturated rings. The lowest BCUT2D eigenvalue weighted by Gasteiger charge is -2.02. The number of imidazole rings is 1. The molecule has 0 radical (unpaired) electrons. The van der Waals surface area contributed by atoms with E-state index < -0.39 is 20.5 Å². The first kappa shape index (κ1) is 18.3. The highest BCUT2D eigenvalue weighted by Gasteiger charge is 2.25. The molecule has 2 aromatic carbocycles. The third-order valence-corrected chi connectivity index (χ3v) is 6.95. The Kier molecular flexibility index (Phi) is 4.44. The molecule has 28 heavy (non-hydrogen) atoms. The Balaban J connectivity index is 1.71. The number of aromatic nitrogens is 3. The average molecular weight is 416 g/mol. The van der Waals surface area contributed by atoms with Crippen molar-refractivity contribution >= 4 is 44.1 Å². The summed E-state index contributed by atoms with van der Waals surface area (Å²) in [5, 5.41) is 4.16. The molecule has 0 saturated carbocycles. The van der Waals surface area contributed by atoms with Crippen LogP contribution in [0.5, 0.6) is 0 Å². The van der Waals surface area contributed by atoms with Gasteiger partial charge in [-0.1, -0.05) is 18.2 Å². The van der Waals surface area contributed by atoms with Crippen LogP contribution in [0.4, 0.5) is 10.3 Å². The topological polar surface area (TPSA) is 105 Å². The van der Waals surface area contributed by atoms with Crippen LogP contribution in [0.1, 0.15) is 6.92 Å². The lowest BCUT2D eigenvalue weighted by Crippen LogP contribution is -2.06. The number of amides is 1. The molecule has 0 aliphatic rings. The molecule has 0 aliphatic carbocycles. The zero-order chi connectivity index (χ0) is 19.9. The summed E-state index contributed by atoms with van der Waals surface area (Å²) in [5.41, 5.74) is 2.41. The van der Waals surface area contributed by atoms with Crippen LogP contribution in [0, 0.1) is 5.82 Å². The fourth-order valence-corrected chi connectivity index (χ4v) is 5.13. The summed E-state index contributed by atoms with van der Waals surface area (Å²) in [6.07, 6.45) is 0. The zero-order valence-electron chi connectivity index (χ0n) is 14.4. The van der Waals surface area contributed by atoms with Crippen molar-refractivity contribution in [2.24, 2.45) is 0 Å². The second-order valence-electron chi connectivity index (χ2n) is 5.93. The molecule has 10 heteroatoms. The fraction of sp³-hybridized carbons (Fsp3) is 0.0556. The SMILES string of the molecule is CC(=O)Nc1nc2ccc(-c3csc(S(=O)(=O)c4ccccc4F)n3)cc2[nH]1. The summed E-state index contributed by atoms with van der Waals surface area (Å²) in [6, 6.07) is 10.4. The maximum Gasteiger partial charge on any atom is 0.236 e. The third kappa shape index (κ3) is 3.27. The van der Waals surface area contributed by atoms with Crippen LogP contribution >= 0.6 is 11.3 Å². The van der Waals surface area contributed by atoms with Crippen molar-refractivity contribution in [1.82, 2.24) is 15.0 Å². The van der Waals surface area contributed by atoms with Gasteiger partial charge < -0.3 is 4.98 Å². The monoisotopic (exact) mass is 416 g/mol. The van der Waals surface area contributed by atoms with Crippen LogP contribution in [0.3, 0.4) is 0 Å². The van der Waals surface area contributed by atoms with Crippen LogP contribution in [-0.4, -0.2) is 29.3 Å². The number of aromatic amines is 1. The second-order valence-corrected chi connectivity index (χ2v) is 8.88. The van der Waals surface area contributed by atoms with Gasteiger partial charge in [0.1, 0.15) is 10.7 Å². The number of halogens is 1. The Bertz CT molecular complexity index is 1310. The first-order chi connectivity index (χ1) is 13.3. The Hall–Kier alpha value is -3.11. The van der Waals surface area contributed by atoms with E-state index in [0.29, 0.717) is 28.2 Å². The number of thiazole rings is 1. The number of fused-ring (bicyclic) bond motifs is 1. The minimum atomic E-state index is -4.04. The van der Waals surface area contributed by atoms with Crippen molar-refractivity contribution in [3.05, 3.63) is 53.7 Å². The van der Waals surface area contributed by atoms with Gasteiger partial charge in [0.05, 0.1) is 16.7 Å². The van der Waals surface area contributed by atoms with Crippen LogP contribution in [0.2, 0.25) is 0 Å². The van der Waals surface area contributed by atoms with Crippen molar-refractivity contribution in [3.63, 3.8) is 0 Å². The van der Waals surface area contributed by atoms with Gasteiger partial charge in [0.2, 0.25) is 26.0 Å². The summed E-state index contributed by atoms with van der Waals surface area (Å²) < 4.78 is 39.1.